The van der Waals surface area contributed by atoms with Gasteiger partial charge in [-0.25, -0.2) is 28.1 Å². The van der Waals surface area contributed by atoms with Crippen LogP contribution >= 0.6 is 11.3 Å². The third kappa shape index (κ3) is 5.59. The SMILES string of the molecule is Cc1nc(S(C)=O)nc(N[C@@H]2C[C@H](C(C)(C)NS(C)(=O)=O)[C@H]3OC(C)(C)O[C@H]32)c1-c1nc2c(C)nccc2s1. The Kier molecular flexibility index (Phi) is 7.12. The summed E-state index contributed by atoms with van der Waals surface area (Å²) in [5.41, 5.74) is 2.22. The topological polar surface area (TPSA) is 145 Å². The fourth-order valence-electron chi connectivity index (χ4n) is 5.68. The second kappa shape index (κ2) is 9.77. The molecule has 1 saturated carbocycles. The van der Waals surface area contributed by atoms with Crippen molar-refractivity contribution in [2.24, 2.45) is 5.92 Å². The number of aryl methyl sites for hydroxylation is 2. The first-order valence-corrected chi connectivity index (χ1v) is 16.9. The van der Waals surface area contributed by atoms with Gasteiger partial charge in [-0.2, -0.15) is 0 Å². The van der Waals surface area contributed by atoms with Crippen LogP contribution in [0.2, 0.25) is 0 Å². The lowest BCUT2D eigenvalue weighted by Crippen LogP contribution is -2.52. The highest BCUT2D eigenvalue weighted by atomic mass is 32.2. The Morgan fingerprint density at radius 1 is 1.13 bits per heavy atom. The molecule has 0 aromatic carbocycles. The van der Waals surface area contributed by atoms with Crippen molar-refractivity contribution >= 4 is 48.2 Å². The van der Waals surface area contributed by atoms with E-state index in [1.165, 1.54) is 11.3 Å². The first-order chi connectivity index (χ1) is 18.0. The highest BCUT2D eigenvalue weighted by molar-refractivity contribution is 7.88. The zero-order valence-electron chi connectivity index (χ0n) is 23.2. The van der Waals surface area contributed by atoms with Crippen LogP contribution in [0.25, 0.3) is 20.8 Å². The number of aromatic nitrogens is 4. The van der Waals surface area contributed by atoms with Crippen LogP contribution in [0.5, 0.6) is 0 Å². The van der Waals surface area contributed by atoms with Crippen molar-refractivity contribution < 1.29 is 22.1 Å². The summed E-state index contributed by atoms with van der Waals surface area (Å²) in [6.45, 7) is 11.2. The molecular weight excluding hydrogens is 561 g/mol. The number of fused-ring (bicyclic) bond motifs is 2. The Morgan fingerprint density at radius 3 is 2.46 bits per heavy atom. The third-order valence-electron chi connectivity index (χ3n) is 7.19. The van der Waals surface area contributed by atoms with Gasteiger partial charge < -0.3 is 14.8 Å². The summed E-state index contributed by atoms with van der Waals surface area (Å²) in [5.74, 6) is -0.532. The fraction of sp³-hybridized carbons (Fsp3) is 0.600. The van der Waals surface area contributed by atoms with Gasteiger partial charge in [-0.05, 0) is 54.0 Å². The van der Waals surface area contributed by atoms with E-state index in [0.29, 0.717) is 17.9 Å². The molecule has 11 nitrogen and oxygen atoms in total. The lowest BCUT2D eigenvalue weighted by atomic mass is 9.85. The second-order valence-corrected chi connectivity index (χ2v) is 15.3. The molecule has 3 aromatic rings. The minimum Gasteiger partial charge on any atom is -0.364 e. The highest BCUT2D eigenvalue weighted by Crippen LogP contribution is 2.47. The van der Waals surface area contributed by atoms with Crippen LogP contribution in [0.15, 0.2) is 17.4 Å². The molecule has 212 valence electrons. The van der Waals surface area contributed by atoms with Gasteiger partial charge in [0.2, 0.25) is 15.2 Å². The van der Waals surface area contributed by atoms with Gasteiger partial charge >= 0.3 is 0 Å². The molecule has 2 aliphatic rings. The van der Waals surface area contributed by atoms with Crippen LogP contribution in [0.4, 0.5) is 5.82 Å². The Bertz CT molecular complexity index is 1570. The normalized spacial score (nSPS) is 25.6. The molecule has 0 amide bonds. The number of ether oxygens (including phenoxy) is 2. The largest absolute Gasteiger partial charge is 0.364 e. The van der Waals surface area contributed by atoms with Gasteiger partial charge in [-0.15, -0.1) is 11.3 Å². The smallest absolute Gasteiger partial charge is 0.220 e. The molecule has 1 aliphatic carbocycles. The standard InChI is InChI=1S/C25H34N6O5S3/c1-12-17(22-29-18-13(2)26-10-9-16(18)37-22)21(30-23(27-12)38(7)32)28-15-11-14(24(3,4)31-39(8,33)34)19-20(15)36-25(5,6)35-19/h9-10,14-15,19-20,31H,11H2,1-8H3,(H,27,28,30)/t14-,15+,19+,20-,38?/m0/s1. The zero-order chi connectivity index (χ0) is 28.5. The number of anilines is 1. The molecule has 1 unspecified atom stereocenters. The lowest BCUT2D eigenvalue weighted by molar-refractivity contribution is -0.159. The second-order valence-electron chi connectivity index (χ2n) is 11.3. The number of nitrogens with one attached hydrogen (secondary N) is 2. The molecule has 2 N–H and O–H groups in total. The van der Waals surface area contributed by atoms with E-state index in [9.17, 15) is 12.6 Å². The van der Waals surface area contributed by atoms with Gasteiger partial charge in [-0.1, -0.05) is 0 Å². The van der Waals surface area contributed by atoms with Crippen molar-refractivity contribution in [3.63, 3.8) is 0 Å². The number of hydrogen-bond donors (Lipinski definition) is 2. The maximum absolute atomic E-state index is 12.4. The van der Waals surface area contributed by atoms with Gasteiger partial charge in [0.05, 0.1) is 50.9 Å². The van der Waals surface area contributed by atoms with Gasteiger partial charge in [-0.3, -0.25) is 9.19 Å². The predicted molar refractivity (Wildman–Crippen MR) is 152 cm³/mol. The molecule has 4 heterocycles. The molecule has 1 aliphatic heterocycles. The summed E-state index contributed by atoms with van der Waals surface area (Å²) in [6.07, 6.45) is 4.29. The molecule has 0 spiro atoms. The average Bonchev–Trinajstić information content (AvgIpc) is 3.44. The monoisotopic (exact) mass is 594 g/mol. The van der Waals surface area contributed by atoms with Crippen LogP contribution in [0.3, 0.4) is 0 Å². The number of rotatable bonds is 7. The van der Waals surface area contributed by atoms with Crippen molar-refractivity contribution in [2.75, 3.05) is 17.8 Å². The Balaban J connectivity index is 1.58. The minimum absolute atomic E-state index is 0.196. The summed E-state index contributed by atoms with van der Waals surface area (Å²) < 4.78 is 53.2. The molecule has 2 fully saturated rings. The molecule has 3 aromatic heterocycles. The summed E-state index contributed by atoms with van der Waals surface area (Å²) >= 11 is 1.52. The molecular formula is C25H34N6O5S3. The summed E-state index contributed by atoms with van der Waals surface area (Å²) in [5, 5.41) is 4.50. The van der Waals surface area contributed by atoms with Crippen molar-refractivity contribution in [3.8, 4) is 10.6 Å². The molecule has 5 rings (SSSR count). The number of sulfonamides is 1. The van der Waals surface area contributed by atoms with E-state index >= 15 is 0 Å². The van der Waals surface area contributed by atoms with Gasteiger partial charge in [0.15, 0.2) is 5.79 Å². The van der Waals surface area contributed by atoms with E-state index in [1.54, 1.807) is 12.5 Å². The Morgan fingerprint density at radius 2 is 1.82 bits per heavy atom. The number of thiazole rings is 1. The van der Waals surface area contributed by atoms with Crippen LogP contribution in [-0.4, -0.2) is 74.6 Å². The first-order valence-electron chi connectivity index (χ1n) is 12.6. The third-order valence-corrected chi connectivity index (χ3v) is 9.82. The van der Waals surface area contributed by atoms with Gasteiger partial charge in [0.25, 0.3) is 0 Å². The first kappa shape index (κ1) is 28.4. The van der Waals surface area contributed by atoms with E-state index in [4.69, 9.17) is 14.5 Å². The molecule has 0 radical (unpaired) electrons. The summed E-state index contributed by atoms with van der Waals surface area (Å²) in [7, 11) is -4.87. The number of pyridine rings is 1. The summed E-state index contributed by atoms with van der Waals surface area (Å²) in [6, 6.07) is 1.66. The maximum Gasteiger partial charge on any atom is 0.220 e. The number of nitrogens with zero attached hydrogens (tertiary/aromatic N) is 4. The molecule has 0 bridgehead atoms. The molecule has 14 heteroatoms. The van der Waals surface area contributed by atoms with Crippen LogP contribution < -0.4 is 10.0 Å². The number of hydrogen-bond acceptors (Lipinski definition) is 11. The summed E-state index contributed by atoms with van der Waals surface area (Å²) in [4.78, 5) is 18.4. The van der Waals surface area contributed by atoms with Crippen molar-refractivity contribution in [2.45, 2.75) is 82.7 Å². The minimum atomic E-state index is -3.47. The average molecular weight is 595 g/mol. The van der Waals surface area contributed by atoms with Crippen LogP contribution in [0, 0.1) is 19.8 Å². The molecule has 39 heavy (non-hydrogen) atoms. The Labute approximate surface area is 235 Å². The Hall–Kier alpha value is -2.10. The van der Waals surface area contributed by atoms with Gasteiger partial charge in [0.1, 0.15) is 22.4 Å². The highest BCUT2D eigenvalue weighted by Gasteiger charge is 2.58. The molecule has 5 atom stereocenters. The van der Waals surface area contributed by atoms with E-state index < -0.39 is 32.1 Å². The quantitative estimate of drug-likeness (QED) is 0.391. The predicted octanol–water partition coefficient (Wildman–Crippen LogP) is 3.15. The zero-order valence-corrected chi connectivity index (χ0v) is 25.7. The van der Waals surface area contributed by atoms with E-state index in [1.807, 2.05) is 47.6 Å². The van der Waals surface area contributed by atoms with E-state index in [0.717, 1.165) is 32.7 Å². The van der Waals surface area contributed by atoms with Gasteiger partial charge in [0, 0.05) is 23.9 Å². The van der Waals surface area contributed by atoms with Crippen molar-refractivity contribution in [3.05, 3.63) is 23.7 Å². The maximum atomic E-state index is 12.4. The lowest BCUT2D eigenvalue weighted by Gasteiger charge is -2.35. The van der Waals surface area contributed by atoms with Crippen molar-refractivity contribution in [1.82, 2.24) is 24.7 Å². The van der Waals surface area contributed by atoms with Crippen LogP contribution in [-0.2, 0) is 30.3 Å². The van der Waals surface area contributed by atoms with E-state index in [-0.39, 0.29) is 29.3 Å². The molecule has 1 saturated heterocycles. The van der Waals surface area contributed by atoms with E-state index in [2.05, 4.69) is 25.0 Å². The van der Waals surface area contributed by atoms with Crippen LogP contribution in [0.1, 0.15) is 45.5 Å². The van der Waals surface area contributed by atoms with Crippen molar-refractivity contribution in [1.29, 1.82) is 0 Å². The fourth-order valence-corrected chi connectivity index (χ4v) is 8.39.